The lowest BCUT2D eigenvalue weighted by molar-refractivity contribution is 0.208. The van der Waals surface area contributed by atoms with Crippen molar-refractivity contribution in [1.82, 2.24) is 4.90 Å². The Hall–Kier alpha value is -2.49. The van der Waals surface area contributed by atoms with E-state index in [4.69, 9.17) is 0 Å². The number of aryl methyl sites for hydroxylation is 3. The van der Waals surface area contributed by atoms with Gasteiger partial charge in [0.25, 0.3) is 0 Å². The molecule has 0 aromatic heterocycles. The van der Waals surface area contributed by atoms with E-state index >= 15 is 0 Å². The quantitative estimate of drug-likeness (QED) is 0.908. The molecule has 1 aliphatic heterocycles. The van der Waals surface area contributed by atoms with Gasteiger partial charge in [-0.05, 0) is 44.0 Å². The zero-order valence-electron chi connectivity index (χ0n) is 14.7. The monoisotopic (exact) mass is 323 g/mol. The van der Waals surface area contributed by atoms with E-state index in [0.717, 1.165) is 31.9 Å². The Morgan fingerprint density at radius 3 is 2.04 bits per heavy atom. The van der Waals surface area contributed by atoms with Crippen molar-refractivity contribution in [1.29, 1.82) is 0 Å². The average molecular weight is 323 g/mol. The van der Waals surface area contributed by atoms with Crippen molar-refractivity contribution in [3.63, 3.8) is 0 Å². The molecule has 2 amide bonds. The van der Waals surface area contributed by atoms with Gasteiger partial charge in [-0.2, -0.15) is 0 Å². The van der Waals surface area contributed by atoms with Gasteiger partial charge in [-0.1, -0.05) is 35.9 Å². The smallest absolute Gasteiger partial charge is 0.321 e. The molecule has 1 saturated heterocycles. The lowest BCUT2D eigenvalue weighted by Crippen LogP contribution is -2.50. The second-order valence-electron chi connectivity index (χ2n) is 6.51. The molecule has 0 saturated carbocycles. The summed E-state index contributed by atoms with van der Waals surface area (Å²) in [5.74, 6) is 0. The number of nitrogens with zero attached hydrogens (tertiary/aromatic N) is 2. The zero-order chi connectivity index (χ0) is 17.1. The van der Waals surface area contributed by atoms with Crippen molar-refractivity contribution in [3.8, 4) is 0 Å². The minimum atomic E-state index is -0.0139. The summed E-state index contributed by atoms with van der Waals surface area (Å²) < 4.78 is 0. The highest BCUT2D eigenvalue weighted by Crippen LogP contribution is 2.25. The van der Waals surface area contributed by atoms with E-state index in [-0.39, 0.29) is 6.03 Å². The molecule has 0 bridgehead atoms. The number of rotatable bonds is 2. The maximum atomic E-state index is 12.4. The van der Waals surface area contributed by atoms with Gasteiger partial charge in [0.15, 0.2) is 0 Å². The number of urea groups is 1. The molecular weight excluding hydrogens is 298 g/mol. The molecule has 1 heterocycles. The summed E-state index contributed by atoms with van der Waals surface area (Å²) in [4.78, 5) is 16.7. The highest BCUT2D eigenvalue weighted by molar-refractivity contribution is 5.89. The van der Waals surface area contributed by atoms with Gasteiger partial charge in [0.1, 0.15) is 0 Å². The van der Waals surface area contributed by atoms with E-state index in [1.54, 1.807) is 0 Å². The van der Waals surface area contributed by atoms with Crippen LogP contribution in [0, 0.1) is 20.8 Å². The van der Waals surface area contributed by atoms with Crippen LogP contribution < -0.4 is 10.2 Å². The maximum Gasteiger partial charge on any atom is 0.321 e. The van der Waals surface area contributed by atoms with E-state index in [0.29, 0.717) is 0 Å². The third kappa shape index (κ3) is 3.53. The van der Waals surface area contributed by atoms with Crippen LogP contribution in [0.1, 0.15) is 16.7 Å². The number of benzene rings is 2. The Balaban J connectivity index is 1.60. The van der Waals surface area contributed by atoms with Crippen molar-refractivity contribution in [2.45, 2.75) is 20.8 Å². The van der Waals surface area contributed by atoms with E-state index in [9.17, 15) is 4.79 Å². The van der Waals surface area contributed by atoms with Crippen LogP contribution in [0.5, 0.6) is 0 Å². The minimum Gasteiger partial charge on any atom is -0.368 e. The van der Waals surface area contributed by atoms with Gasteiger partial charge in [-0.3, -0.25) is 0 Å². The number of carbonyl (C=O) groups is 1. The molecule has 2 aromatic rings. The van der Waals surface area contributed by atoms with Gasteiger partial charge in [-0.25, -0.2) is 4.79 Å². The fourth-order valence-electron chi connectivity index (χ4n) is 3.28. The highest BCUT2D eigenvalue weighted by atomic mass is 16.2. The van der Waals surface area contributed by atoms with Gasteiger partial charge in [0, 0.05) is 37.6 Å². The molecule has 0 atom stereocenters. The van der Waals surface area contributed by atoms with Crippen molar-refractivity contribution in [3.05, 3.63) is 59.2 Å². The lowest BCUT2D eigenvalue weighted by Gasteiger charge is -2.37. The number of hydrogen-bond acceptors (Lipinski definition) is 2. The topological polar surface area (TPSA) is 35.6 Å². The molecule has 0 spiro atoms. The Kier molecular flexibility index (Phi) is 4.74. The van der Waals surface area contributed by atoms with E-state index in [1.807, 2.05) is 36.1 Å². The highest BCUT2D eigenvalue weighted by Gasteiger charge is 2.22. The maximum absolute atomic E-state index is 12.4. The molecule has 4 nitrogen and oxygen atoms in total. The van der Waals surface area contributed by atoms with Crippen LogP contribution in [0.3, 0.4) is 0 Å². The van der Waals surface area contributed by atoms with E-state index < -0.39 is 0 Å². The molecule has 24 heavy (non-hydrogen) atoms. The Morgan fingerprint density at radius 1 is 0.875 bits per heavy atom. The number of nitrogens with one attached hydrogen (secondary N) is 1. The Labute approximate surface area is 144 Å². The predicted molar refractivity (Wildman–Crippen MR) is 99.9 cm³/mol. The van der Waals surface area contributed by atoms with Gasteiger partial charge in [0.05, 0.1) is 0 Å². The lowest BCUT2D eigenvalue weighted by atomic mass is 10.1. The molecule has 2 aromatic carbocycles. The molecule has 0 unspecified atom stereocenters. The van der Waals surface area contributed by atoms with Gasteiger partial charge in [-0.15, -0.1) is 0 Å². The van der Waals surface area contributed by atoms with Crippen LogP contribution in [0.15, 0.2) is 42.5 Å². The first-order valence-corrected chi connectivity index (χ1v) is 8.48. The molecule has 3 rings (SSSR count). The molecule has 4 heteroatoms. The fraction of sp³-hybridized carbons (Fsp3) is 0.350. The number of carbonyl (C=O) groups excluding carboxylic acids is 1. The molecule has 126 valence electrons. The minimum absolute atomic E-state index is 0.0139. The van der Waals surface area contributed by atoms with Gasteiger partial charge >= 0.3 is 6.03 Å². The van der Waals surface area contributed by atoms with Gasteiger partial charge in [0.2, 0.25) is 0 Å². The zero-order valence-corrected chi connectivity index (χ0v) is 14.7. The van der Waals surface area contributed by atoms with Crippen molar-refractivity contribution in [2.75, 3.05) is 36.4 Å². The summed E-state index contributed by atoms with van der Waals surface area (Å²) in [6.45, 7) is 9.56. The van der Waals surface area contributed by atoms with Crippen molar-refractivity contribution in [2.24, 2.45) is 0 Å². The van der Waals surface area contributed by atoms with Crippen LogP contribution in [-0.2, 0) is 0 Å². The second-order valence-corrected chi connectivity index (χ2v) is 6.51. The molecule has 0 aliphatic carbocycles. The largest absolute Gasteiger partial charge is 0.368 e. The van der Waals surface area contributed by atoms with Crippen LogP contribution in [0.25, 0.3) is 0 Å². The second kappa shape index (κ2) is 6.95. The third-order valence-electron chi connectivity index (χ3n) is 4.63. The SMILES string of the molecule is Cc1ccc(NC(=O)N2CCN(c3c(C)cccc3C)CC2)cc1. The summed E-state index contributed by atoms with van der Waals surface area (Å²) in [5, 5.41) is 2.98. The molecule has 0 radical (unpaired) electrons. The molecule has 1 fully saturated rings. The summed E-state index contributed by atoms with van der Waals surface area (Å²) in [5.41, 5.74) is 5.95. The number of amides is 2. The van der Waals surface area contributed by atoms with Crippen LogP contribution in [0.2, 0.25) is 0 Å². The molecule has 1 N–H and O–H groups in total. The number of hydrogen-bond donors (Lipinski definition) is 1. The van der Waals surface area contributed by atoms with Crippen LogP contribution in [0.4, 0.5) is 16.2 Å². The Morgan fingerprint density at radius 2 is 1.46 bits per heavy atom. The summed E-state index contributed by atoms with van der Waals surface area (Å²) in [7, 11) is 0. The molecule has 1 aliphatic rings. The van der Waals surface area contributed by atoms with E-state index in [1.165, 1.54) is 22.4 Å². The number of piperazine rings is 1. The van der Waals surface area contributed by atoms with Crippen LogP contribution in [-0.4, -0.2) is 37.1 Å². The number of anilines is 2. The summed E-state index contributed by atoms with van der Waals surface area (Å²) >= 11 is 0. The van der Waals surface area contributed by atoms with E-state index in [2.05, 4.69) is 42.3 Å². The number of para-hydroxylation sites is 1. The predicted octanol–water partition coefficient (Wildman–Crippen LogP) is 3.97. The first-order valence-electron chi connectivity index (χ1n) is 8.48. The average Bonchev–Trinajstić information content (AvgIpc) is 2.57. The van der Waals surface area contributed by atoms with Gasteiger partial charge < -0.3 is 15.1 Å². The first kappa shape index (κ1) is 16.4. The van der Waals surface area contributed by atoms with Crippen molar-refractivity contribution < 1.29 is 4.79 Å². The molecular formula is C20H25N3O. The van der Waals surface area contributed by atoms with Crippen LogP contribution >= 0.6 is 0 Å². The standard InChI is InChI=1S/C20H25N3O/c1-15-7-9-18(10-8-15)21-20(24)23-13-11-22(12-14-23)19-16(2)5-4-6-17(19)3/h4-10H,11-14H2,1-3H3,(H,21,24). The Bertz CT molecular complexity index is 696. The first-order chi connectivity index (χ1) is 11.5. The third-order valence-corrected chi connectivity index (χ3v) is 4.63. The summed E-state index contributed by atoms with van der Waals surface area (Å²) in [6, 6.07) is 14.3. The van der Waals surface area contributed by atoms with Crippen molar-refractivity contribution >= 4 is 17.4 Å². The normalized spacial score (nSPS) is 14.6. The summed E-state index contributed by atoms with van der Waals surface area (Å²) in [6.07, 6.45) is 0. The fourth-order valence-corrected chi connectivity index (χ4v) is 3.28.